The number of aliphatic carboxylic acids is 1. The molecule has 6 heteroatoms. The van der Waals surface area contributed by atoms with Gasteiger partial charge in [-0.15, -0.1) is 0 Å². The molecule has 0 saturated carbocycles. The van der Waals surface area contributed by atoms with Gasteiger partial charge in [-0.05, 0) is 18.2 Å². The molecule has 16 heavy (non-hydrogen) atoms. The van der Waals surface area contributed by atoms with Gasteiger partial charge < -0.3 is 9.52 Å². The van der Waals surface area contributed by atoms with Crippen molar-refractivity contribution in [1.29, 1.82) is 0 Å². The maximum atomic E-state index is 13.2. The van der Waals surface area contributed by atoms with Gasteiger partial charge in [-0.1, -0.05) is 0 Å². The first kappa shape index (κ1) is 10.5. The van der Waals surface area contributed by atoms with Crippen molar-refractivity contribution in [2.24, 2.45) is 0 Å². The molecule has 0 fully saturated rings. The van der Waals surface area contributed by atoms with E-state index in [-0.39, 0.29) is 5.58 Å². The molecule has 0 amide bonds. The highest BCUT2D eigenvalue weighted by molar-refractivity contribution is 5.80. The summed E-state index contributed by atoms with van der Waals surface area (Å²) in [5, 5.41) is 8.38. The number of oxazole rings is 1. The van der Waals surface area contributed by atoms with Crippen molar-refractivity contribution in [1.82, 2.24) is 4.98 Å². The molecule has 0 radical (unpaired) electrons. The summed E-state index contributed by atoms with van der Waals surface area (Å²) in [6, 6.07) is 3.32. The predicted octanol–water partition coefficient (Wildman–Crippen LogP) is 2.31. The van der Waals surface area contributed by atoms with Crippen LogP contribution in [0, 0.1) is 6.92 Å². The molecule has 1 aromatic heterocycles. The standard InChI is InChI=1S/C10H7F2NO3/c1-5-13-7-3-2-6(4-8(7)16-5)10(11,12)9(14)15/h2-4H,1H3,(H,14,15). The van der Waals surface area contributed by atoms with Gasteiger partial charge in [0.1, 0.15) is 5.52 Å². The van der Waals surface area contributed by atoms with Gasteiger partial charge in [-0.25, -0.2) is 9.78 Å². The molecule has 2 rings (SSSR count). The number of hydrogen-bond donors (Lipinski definition) is 1. The Balaban J connectivity index is 2.58. The minimum Gasteiger partial charge on any atom is -0.477 e. The normalized spacial score (nSPS) is 11.9. The maximum absolute atomic E-state index is 13.2. The van der Waals surface area contributed by atoms with Crippen LogP contribution >= 0.6 is 0 Å². The Bertz CT molecular complexity index is 562. The van der Waals surface area contributed by atoms with Crippen LogP contribution in [0.3, 0.4) is 0 Å². The molecule has 0 aliphatic rings. The Labute approximate surface area is 88.5 Å². The smallest absolute Gasteiger partial charge is 0.379 e. The first-order valence-electron chi connectivity index (χ1n) is 4.40. The monoisotopic (exact) mass is 227 g/mol. The Morgan fingerprint density at radius 2 is 2.19 bits per heavy atom. The SMILES string of the molecule is Cc1nc2ccc(C(F)(F)C(=O)O)cc2o1. The van der Waals surface area contributed by atoms with Crippen LogP contribution in [0.15, 0.2) is 22.6 Å². The molecular weight excluding hydrogens is 220 g/mol. The van der Waals surface area contributed by atoms with E-state index in [0.717, 1.165) is 12.1 Å². The van der Waals surface area contributed by atoms with Crippen molar-refractivity contribution in [3.05, 3.63) is 29.7 Å². The fourth-order valence-electron chi connectivity index (χ4n) is 1.36. The van der Waals surface area contributed by atoms with Crippen LogP contribution in [0.5, 0.6) is 0 Å². The number of rotatable bonds is 2. The van der Waals surface area contributed by atoms with Crippen LogP contribution in [0.25, 0.3) is 11.1 Å². The van der Waals surface area contributed by atoms with Gasteiger partial charge in [0.05, 0.1) is 0 Å². The lowest BCUT2D eigenvalue weighted by atomic mass is 10.1. The highest BCUT2D eigenvalue weighted by atomic mass is 19.3. The molecule has 2 aromatic rings. The van der Waals surface area contributed by atoms with Crippen LogP contribution in [0.4, 0.5) is 8.78 Å². The molecule has 84 valence electrons. The number of carboxylic acids is 1. The number of halogens is 2. The zero-order valence-corrected chi connectivity index (χ0v) is 8.20. The topological polar surface area (TPSA) is 63.3 Å². The van der Waals surface area contributed by atoms with Gasteiger partial charge in [-0.2, -0.15) is 8.78 Å². The summed E-state index contributed by atoms with van der Waals surface area (Å²) < 4.78 is 31.3. The van der Waals surface area contributed by atoms with Gasteiger partial charge >= 0.3 is 11.9 Å². The van der Waals surface area contributed by atoms with Gasteiger partial charge in [-0.3, -0.25) is 0 Å². The Kier molecular flexibility index (Phi) is 2.15. The summed E-state index contributed by atoms with van der Waals surface area (Å²) in [7, 11) is 0. The van der Waals surface area contributed by atoms with Gasteiger partial charge in [0.25, 0.3) is 0 Å². The number of carboxylic acid groups (broad SMARTS) is 1. The molecule has 0 aliphatic carbocycles. The predicted molar refractivity (Wildman–Crippen MR) is 50.3 cm³/mol. The molecule has 0 spiro atoms. The van der Waals surface area contributed by atoms with Crippen LogP contribution in [0.2, 0.25) is 0 Å². The van der Waals surface area contributed by atoms with Crippen LogP contribution < -0.4 is 0 Å². The van der Waals surface area contributed by atoms with E-state index in [4.69, 9.17) is 9.52 Å². The minimum absolute atomic E-state index is 0.149. The highest BCUT2D eigenvalue weighted by Gasteiger charge is 2.41. The Morgan fingerprint density at radius 1 is 1.50 bits per heavy atom. The van der Waals surface area contributed by atoms with Crippen molar-refractivity contribution in [3.8, 4) is 0 Å². The third-order valence-electron chi connectivity index (χ3n) is 2.13. The first-order valence-corrected chi connectivity index (χ1v) is 4.40. The molecule has 0 unspecified atom stereocenters. The Hall–Kier alpha value is -1.98. The van der Waals surface area contributed by atoms with E-state index in [1.165, 1.54) is 6.07 Å². The highest BCUT2D eigenvalue weighted by Crippen LogP contribution is 2.30. The van der Waals surface area contributed by atoms with Gasteiger partial charge in [0.2, 0.25) is 0 Å². The largest absolute Gasteiger partial charge is 0.477 e. The number of benzene rings is 1. The summed E-state index contributed by atoms with van der Waals surface area (Å²) in [5.41, 5.74) is -0.0537. The van der Waals surface area contributed by atoms with Crippen LogP contribution in [-0.2, 0) is 10.7 Å². The molecule has 1 aromatic carbocycles. The van der Waals surface area contributed by atoms with E-state index in [0.29, 0.717) is 11.4 Å². The zero-order chi connectivity index (χ0) is 11.9. The summed E-state index contributed by atoms with van der Waals surface area (Å²) in [4.78, 5) is 14.3. The third-order valence-corrected chi connectivity index (χ3v) is 2.13. The van der Waals surface area contributed by atoms with Crippen molar-refractivity contribution in [2.45, 2.75) is 12.8 Å². The number of alkyl halides is 2. The average molecular weight is 227 g/mol. The number of nitrogens with zero attached hydrogens (tertiary/aromatic N) is 1. The molecule has 0 saturated heterocycles. The number of aryl methyl sites for hydroxylation is 1. The van der Waals surface area contributed by atoms with Gasteiger partial charge in [0.15, 0.2) is 11.5 Å². The van der Waals surface area contributed by atoms with Crippen molar-refractivity contribution in [3.63, 3.8) is 0 Å². The second-order valence-electron chi connectivity index (χ2n) is 3.29. The van der Waals surface area contributed by atoms with E-state index in [1.807, 2.05) is 0 Å². The summed E-state index contributed by atoms with van der Waals surface area (Å²) in [5.74, 6) is -5.77. The molecule has 1 heterocycles. The first-order chi connectivity index (χ1) is 7.41. The van der Waals surface area contributed by atoms with Crippen molar-refractivity contribution in [2.75, 3.05) is 0 Å². The van der Waals surface area contributed by atoms with E-state index in [1.54, 1.807) is 6.92 Å². The number of hydrogen-bond acceptors (Lipinski definition) is 3. The fraction of sp³-hybridized carbons (Fsp3) is 0.200. The van der Waals surface area contributed by atoms with E-state index >= 15 is 0 Å². The van der Waals surface area contributed by atoms with E-state index in [9.17, 15) is 13.6 Å². The zero-order valence-electron chi connectivity index (χ0n) is 8.20. The molecule has 0 aliphatic heterocycles. The summed E-state index contributed by atoms with van der Waals surface area (Å²) in [6.45, 7) is 1.58. The number of fused-ring (bicyclic) bond motifs is 1. The quantitative estimate of drug-likeness (QED) is 0.854. The molecule has 0 bridgehead atoms. The van der Waals surface area contributed by atoms with Gasteiger partial charge in [0, 0.05) is 12.5 Å². The second kappa shape index (κ2) is 3.26. The van der Waals surface area contributed by atoms with Crippen LogP contribution in [-0.4, -0.2) is 16.1 Å². The summed E-state index contributed by atoms with van der Waals surface area (Å²) in [6.07, 6.45) is 0. The van der Waals surface area contributed by atoms with Crippen LogP contribution in [0.1, 0.15) is 11.5 Å². The second-order valence-corrected chi connectivity index (χ2v) is 3.29. The molecule has 4 nitrogen and oxygen atoms in total. The molecule has 1 N–H and O–H groups in total. The fourth-order valence-corrected chi connectivity index (χ4v) is 1.36. The maximum Gasteiger partial charge on any atom is 0.379 e. The third kappa shape index (κ3) is 1.52. The minimum atomic E-state index is -3.92. The molecule has 0 atom stereocenters. The number of carbonyl (C=O) groups is 1. The van der Waals surface area contributed by atoms with Crippen molar-refractivity contribution >= 4 is 17.1 Å². The summed E-state index contributed by atoms with van der Waals surface area (Å²) >= 11 is 0. The molecular formula is C10H7F2NO3. The lowest BCUT2D eigenvalue weighted by Gasteiger charge is -2.10. The lowest BCUT2D eigenvalue weighted by molar-refractivity contribution is -0.166. The lowest BCUT2D eigenvalue weighted by Crippen LogP contribution is -2.25. The average Bonchev–Trinajstić information content (AvgIpc) is 2.56. The number of aromatic nitrogens is 1. The Morgan fingerprint density at radius 3 is 2.81 bits per heavy atom. The van der Waals surface area contributed by atoms with E-state index in [2.05, 4.69) is 4.98 Å². The van der Waals surface area contributed by atoms with Crippen molar-refractivity contribution < 1.29 is 23.1 Å². The van der Waals surface area contributed by atoms with E-state index < -0.39 is 17.5 Å².